The van der Waals surface area contributed by atoms with Gasteiger partial charge in [0.15, 0.2) is 0 Å². The number of hydrogen-bond acceptors (Lipinski definition) is 1. The molecule has 0 spiro atoms. The molecule has 0 aromatic heterocycles. The summed E-state index contributed by atoms with van der Waals surface area (Å²) in [6.45, 7) is 0. The average Bonchev–Trinajstić information content (AvgIpc) is 2.96. The van der Waals surface area contributed by atoms with Crippen molar-refractivity contribution in [3.05, 3.63) is 28.5 Å². The highest BCUT2D eigenvalue weighted by molar-refractivity contribution is 9.10. The van der Waals surface area contributed by atoms with E-state index in [9.17, 15) is 9.18 Å². The van der Waals surface area contributed by atoms with Crippen LogP contribution in [0, 0.1) is 23.6 Å². The Labute approximate surface area is 114 Å². The summed E-state index contributed by atoms with van der Waals surface area (Å²) in [5, 5.41) is 2.90. The van der Waals surface area contributed by atoms with Gasteiger partial charge in [-0.3, -0.25) is 4.79 Å². The van der Waals surface area contributed by atoms with E-state index in [1.807, 2.05) is 0 Å². The van der Waals surface area contributed by atoms with Crippen molar-refractivity contribution in [3.63, 3.8) is 0 Å². The highest BCUT2D eigenvalue weighted by Crippen LogP contribution is 2.48. The van der Waals surface area contributed by atoms with Crippen molar-refractivity contribution in [2.24, 2.45) is 17.8 Å². The van der Waals surface area contributed by atoms with Crippen molar-refractivity contribution in [2.75, 3.05) is 5.32 Å². The lowest BCUT2D eigenvalue weighted by Crippen LogP contribution is -2.27. The minimum absolute atomic E-state index is 0.0979. The van der Waals surface area contributed by atoms with Crippen LogP contribution in [0.25, 0.3) is 0 Å². The van der Waals surface area contributed by atoms with Gasteiger partial charge in [-0.2, -0.15) is 0 Å². The predicted molar refractivity (Wildman–Crippen MR) is 71.7 cm³/mol. The smallest absolute Gasteiger partial charge is 0.227 e. The number of fused-ring (bicyclic) bond motifs is 2. The van der Waals surface area contributed by atoms with E-state index < -0.39 is 0 Å². The first-order valence-corrected chi connectivity index (χ1v) is 7.18. The molecule has 1 N–H and O–H groups in total. The number of rotatable bonds is 2. The molecule has 2 bridgehead atoms. The molecule has 3 unspecified atom stereocenters. The number of nitrogens with one attached hydrogen (secondary N) is 1. The molecule has 2 saturated carbocycles. The molecule has 96 valence electrons. The SMILES string of the molecule is O=C(Nc1ccc(F)c(Br)c1)C1CC2CCC1C2. The lowest BCUT2D eigenvalue weighted by molar-refractivity contribution is -0.121. The van der Waals surface area contributed by atoms with E-state index in [4.69, 9.17) is 0 Å². The fourth-order valence-electron chi connectivity index (χ4n) is 3.37. The van der Waals surface area contributed by atoms with Gasteiger partial charge >= 0.3 is 0 Å². The summed E-state index contributed by atoms with van der Waals surface area (Å²) in [5.41, 5.74) is 0.663. The Morgan fingerprint density at radius 2 is 2.17 bits per heavy atom. The Morgan fingerprint density at radius 3 is 2.78 bits per heavy atom. The number of carbonyl (C=O) groups excluding carboxylic acids is 1. The van der Waals surface area contributed by atoms with Crippen LogP contribution in [-0.4, -0.2) is 5.91 Å². The van der Waals surface area contributed by atoms with Crippen molar-refractivity contribution >= 4 is 27.5 Å². The van der Waals surface area contributed by atoms with E-state index in [-0.39, 0.29) is 17.6 Å². The topological polar surface area (TPSA) is 29.1 Å². The molecule has 18 heavy (non-hydrogen) atoms. The Balaban J connectivity index is 1.69. The first kappa shape index (κ1) is 12.2. The zero-order valence-electron chi connectivity index (χ0n) is 9.96. The van der Waals surface area contributed by atoms with E-state index in [0.29, 0.717) is 16.1 Å². The van der Waals surface area contributed by atoms with Crippen molar-refractivity contribution in [1.82, 2.24) is 0 Å². The highest BCUT2D eigenvalue weighted by atomic mass is 79.9. The van der Waals surface area contributed by atoms with Gasteiger partial charge in [-0.1, -0.05) is 6.42 Å². The van der Waals surface area contributed by atoms with Gasteiger partial charge in [-0.05, 0) is 65.2 Å². The molecule has 2 nitrogen and oxygen atoms in total. The summed E-state index contributed by atoms with van der Waals surface area (Å²) in [6, 6.07) is 4.58. The van der Waals surface area contributed by atoms with Crippen LogP contribution in [0.15, 0.2) is 22.7 Å². The largest absolute Gasteiger partial charge is 0.326 e. The number of benzene rings is 1. The van der Waals surface area contributed by atoms with Crippen LogP contribution in [0.3, 0.4) is 0 Å². The molecule has 0 radical (unpaired) electrons. The third-order valence-corrected chi connectivity index (χ3v) is 4.87. The molecule has 0 heterocycles. The molecule has 1 amide bonds. The monoisotopic (exact) mass is 311 g/mol. The van der Waals surface area contributed by atoms with E-state index in [2.05, 4.69) is 21.2 Å². The predicted octanol–water partition coefficient (Wildman–Crippen LogP) is 3.96. The third-order valence-electron chi connectivity index (χ3n) is 4.26. The zero-order chi connectivity index (χ0) is 12.7. The lowest BCUT2D eigenvalue weighted by Gasteiger charge is -2.20. The van der Waals surface area contributed by atoms with E-state index in [1.54, 1.807) is 12.1 Å². The Bertz CT molecular complexity index is 491. The second-order valence-electron chi connectivity index (χ2n) is 5.40. The standard InChI is InChI=1S/C14H15BrFNO/c15-12-7-10(3-4-13(12)16)17-14(18)11-6-8-1-2-9(11)5-8/h3-4,7-9,11H,1-2,5-6H2,(H,17,18). The molecule has 0 saturated heterocycles. The highest BCUT2D eigenvalue weighted by Gasteiger charge is 2.42. The van der Waals surface area contributed by atoms with Gasteiger partial charge in [0.2, 0.25) is 5.91 Å². The van der Waals surface area contributed by atoms with Crippen LogP contribution in [0.4, 0.5) is 10.1 Å². The first-order chi connectivity index (χ1) is 8.63. The zero-order valence-corrected chi connectivity index (χ0v) is 11.5. The van der Waals surface area contributed by atoms with Crippen LogP contribution in [0.2, 0.25) is 0 Å². The molecule has 4 heteroatoms. The number of hydrogen-bond donors (Lipinski definition) is 1. The van der Waals surface area contributed by atoms with Gasteiger partial charge in [-0.25, -0.2) is 4.39 Å². The molecule has 2 fully saturated rings. The van der Waals surface area contributed by atoms with Gasteiger partial charge in [0.05, 0.1) is 4.47 Å². The van der Waals surface area contributed by atoms with Gasteiger partial charge in [0.1, 0.15) is 5.82 Å². The number of amides is 1. The van der Waals surface area contributed by atoms with Crippen molar-refractivity contribution < 1.29 is 9.18 Å². The summed E-state index contributed by atoms with van der Waals surface area (Å²) < 4.78 is 13.5. The third kappa shape index (κ3) is 2.18. The maximum atomic E-state index is 13.1. The summed E-state index contributed by atoms with van der Waals surface area (Å²) in [5.74, 6) is 1.27. The van der Waals surface area contributed by atoms with Crippen LogP contribution in [0.1, 0.15) is 25.7 Å². The van der Waals surface area contributed by atoms with Crippen molar-refractivity contribution in [3.8, 4) is 0 Å². The molecular weight excluding hydrogens is 297 g/mol. The van der Waals surface area contributed by atoms with Crippen LogP contribution >= 0.6 is 15.9 Å². The lowest BCUT2D eigenvalue weighted by atomic mass is 9.88. The second-order valence-corrected chi connectivity index (χ2v) is 6.25. The molecular formula is C14H15BrFNO. The number of anilines is 1. The van der Waals surface area contributed by atoms with E-state index in [1.165, 1.54) is 25.3 Å². The van der Waals surface area contributed by atoms with Crippen LogP contribution in [-0.2, 0) is 4.79 Å². The Kier molecular flexibility index (Phi) is 3.14. The number of halogens is 2. The van der Waals surface area contributed by atoms with Gasteiger partial charge in [-0.15, -0.1) is 0 Å². The fraction of sp³-hybridized carbons (Fsp3) is 0.500. The molecule has 1 aromatic rings. The van der Waals surface area contributed by atoms with E-state index >= 15 is 0 Å². The maximum Gasteiger partial charge on any atom is 0.227 e. The summed E-state index contributed by atoms with van der Waals surface area (Å²) in [7, 11) is 0. The van der Waals surface area contributed by atoms with Gasteiger partial charge in [0, 0.05) is 11.6 Å². The summed E-state index contributed by atoms with van der Waals surface area (Å²) >= 11 is 3.13. The molecule has 0 aliphatic heterocycles. The normalized spacial score (nSPS) is 29.6. The van der Waals surface area contributed by atoms with E-state index in [0.717, 1.165) is 12.3 Å². The van der Waals surface area contributed by atoms with Gasteiger partial charge in [0.25, 0.3) is 0 Å². The van der Waals surface area contributed by atoms with Crippen molar-refractivity contribution in [1.29, 1.82) is 0 Å². The molecule has 2 aliphatic rings. The quantitative estimate of drug-likeness (QED) is 0.880. The van der Waals surface area contributed by atoms with Gasteiger partial charge < -0.3 is 5.32 Å². The fourth-order valence-corrected chi connectivity index (χ4v) is 3.75. The first-order valence-electron chi connectivity index (χ1n) is 6.39. The Morgan fingerprint density at radius 1 is 1.33 bits per heavy atom. The molecule has 1 aromatic carbocycles. The average molecular weight is 312 g/mol. The van der Waals surface area contributed by atoms with Crippen molar-refractivity contribution in [2.45, 2.75) is 25.7 Å². The number of carbonyl (C=O) groups is 1. The summed E-state index contributed by atoms with van der Waals surface area (Å²) in [6.07, 6.45) is 4.72. The van der Waals surface area contributed by atoms with Crippen LogP contribution < -0.4 is 5.32 Å². The Hall–Kier alpha value is -0.900. The second kappa shape index (κ2) is 4.65. The minimum atomic E-state index is -0.312. The molecule has 2 aliphatic carbocycles. The molecule has 3 rings (SSSR count). The van der Waals surface area contributed by atoms with Crippen LogP contribution in [0.5, 0.6) is 0 Å². The molecule has 3 atom stereocenters. The minimum Gasteiger partial charge on any atom is -0.326 e. The maximum absolute atomic E-state index is 13.1. The summed E-state index contributed by atoms with van der Waals surface area (Å²) in [4.78, 5) is 12.2.